The number of aliphatic hydroxyl groups excluding tert-OH is 1. The van der Waals surface area contributed by atoms with E-state index < -0.39 is 6.10 Å². The molecule has 1 aromatic heterocycles. The number of para-hydroxylation sites is 2. The number of nitrogens with zero attached hydrogens (tertiary/aromatic N) is 2. The van der Waals surface area contributed by atoms with E-state index in [0.717, 1.165) is 21.1 Å². The van der Waals surface area contributed by atoms with Crippen LogP contribution in [0.25, 0.3) is 11.0 Å². The molecule has 0 radical (unpaired) electrons. The molecule has 0 fully saturated rings. The Labute approximate surface area is 165 Å². The predicted molar refractivity (Wildman–Crippen MR) is 108 cm³/mol. The third-order valence-corrected chi connectivity index (χ3v) is 5.53. The van der Waals surface area contributed by atoms with Crippen LogP contribution in [0.3, 0.4) is 0 Å². The maximum Gasteiger partial charge on any atom is 0.143 e. The van der Waals surface area contributed by atoms with Crippen molar-refractivity contribution in [3.63, 3.8) is 0 Å². The third kappa shape index (κ3) is 3.16. The van der Waals surface area contributed by atoms with Crippen LogP contribution < -0.4 is 0 Å². The van der Waals surface area contributed by atoms with Gasteiger partial charge in [-0.2, -0.15) is 0 Å². The summed E-state index contributed by atoms with van der Waals surface area (Å²) in [5.41, 5.74) is 3.59. The topological polar surface area (TPSA) is 38.1 Å². The number of imidazole rings is 1. The molecule has 0 aliphatic heterocycles. The lowest BCUT2D eigenvalue weighted by Gasteiger charge is -2.16. The van der Waals surface area contributed by atoms with E-state index in [9.17, 15) is 5.11 Å². The van der Waals surface area contributed by atoms with Gasteiger partial charge in [0, 0.05) is 15.1 Å². The van der Waals surface area contributed by atoms with Crippen LogP contribution in [-0.2, 0) is 6.54 Å². The summed E-state index contributed by atoms with van der Waals surface area (Å²) in [4.78, 5) is 4.69. The standard InChI is InChI=1S/C21H16BrClN2O/c22-16-9-3-1-7-14(16)13-25-19-12-6-5-11-18(19)24-21(25)20(26)15-8-2-4-10-17(15)23/h1-12,20,26H,13H2/t20-/m1/s1. The quantitative estimate of drug-likeness (QED) is 0.461. The van der Waals surface area contributed by atoms with E-state index in [4.69, 9.17) is 16.6 Å². The van der Waals surface area contributed by atoms with Crippen molar-refractivity contribution in [1.82, 2.24) is 9.55 Å². The van der Waals surface area contributed by atoms with Crippen molar-refractivity contribution in [3.05, 3.63) is 99.2 Å². The minimum absolute atomic E-state index is 0.527. The number of aliphatic hydroxyl groups is 1. The van der Waals surface area contributed by atoms with E-state index in [-0.39, 0.29) is 0 Å². The van der Waals surface area contributed by atoms with Crippen molar-refractivity contribution in [1.29, 1.82) is 0 Å². The van der Waals surface area contributed by atoms with E-state index in [1.807, 2.05) is 65.2 Å². The molecule has 5 heteroatoms. The van der Waals surface area contributed by atoms with Gasteiger partial charge in [0.1, 0.15) is 11.9 Å². The first-order chi connectivity index (χ1) is 12.6. The van der Waals surface area contributed by atoms with Crippen LogP contribution in [0.1, 0.15) is 23.1 Å². The number of hydrogen-bond acceptors (Lipinski definition) is 2. The van der Waals surface area contributed by atoms with Gasteiger partial charge in [0.25, 0.3) is 0 Å². The van der Waals surface area contributed by atoms with Crippen molar-refractivity contribution in [3.8, 4) is 0 Å². The van der Waals surface area contributed by atoms with Crippen LogP contribution in [0.5, 0.6) is 0 Å². The highest BCUT2D eigenvalue weighted by atomic mass is 79.9. The Morgan fingerprint density at radius 2 is 1.65 bits per heavy atom. The van der Waals surface area contributed by atoms with E-state index in [0.29, 0.717) is 23.0 Å². The van der Waals surface area contributed by atoms with Gasteiger partial charge in [-0.25, -0.2) is 4.98 Å². The second-order valence-electron chi connectivity index (χ2n) is 6.06. The molecule has 130 valence electrons. The lowest BCUT2D eigenvalue weighted by atomic mass is 10.1. The van der Waals surface area contributed by atoms with Crippen LogP contribution >= 0.6 is 27.5 Å². The molecular weight excluding hydrogens is 412 g/mol. The van der Waals surface area contributed by atoms with Crippen LogP contribution in [0, 0.1) is 0 Å². The van der Waals surface area contributed by atoms with Gasteiger partial charge in [-0.05, 0) is 29.8 Å². The Balaban J connectivity index is 1.87. The number of hydrogen-bond donors (Lipinski definition) is 1. The van der Waals surface area contributed by atoms with Crippen molar-refractivity contribution < 1.29 is 5.11 Å². The normalized spacial score (nSPS) is 12.4. The summed E-state index contributed by atoms with van der Waals surface area (Å²) in [6, 6.07) is 23.3. The molecule has 26 heavy (non-hydrogen) atoms. The zero-order valence-corrected chi connectivity index (χ0v) is 16.2. The lowest BCUT2D eigenvalue weighted by molar-refractivity contribution is 0.206. The summed E-state index contributed by atoms with van der Waals surface area (Å²) in [5, 5.41) is 11.5. The fourth-order valence-corrected chi connectivity index (χ4v) is 3.75. The molecule has 1 heterocycles. The molecule has 0 aliphatic rings. The second-order valence-corrected chi connectivity index (χ2v) is 7.32. The molecule has 0 unspecified atom stereocenters. The van der Waals surface area contributed by atoms with Crippen LogP contribution in [0.4, 0.5) is 0 Å². The average molecular weight is 428 g/mol. The summed E-state index contributed by atoms with van der Waals surface area (Å²) in [5.74, 6) is 0.579. The van der Waals surface area contributed by atoms with Gasteiger partial charge in [-0.1, -0.05) is 76.1 Å². The van der Waals surface area contributed by atoms with Crippen molar-refractivity contribution in [2.24, 2.45) is 0 Å². The first-order valence-electron chi connectivity index (χ1n) is 8.26. The Kier molecular flexibility index (Phi) is 4.81. The molecule has 1 N–H and O–H groups in total. The molecule has 0 spiro atoms. The fraction of sp³-hybridized carbons (Fsp3) is 0.0952. The van der Waals surface area contributed by atoms with Crippen LogP contribution in [-0.4, -0.2) is 14.7 Å². The SMILES string of the molecule is O[C@H](c1ccccc1Cl)c1nc2ccccc2n1Cc1ccccc1Br. The smallest absolute Gasteiger partial charge is 0.143 e. The zero-order chi connectivity index (χ0) is 18.1. The predicted octanol–water partition coefficient (Wildman–Crippen LogP) is 5.58. The monoisotopic (exact) mass is 426 g/mol. The summed E-state index contributed by atoms with van der Waals surface area (Å²) in [6.45, 7) is 0.596. The highest BCUT2D eigenvalue weighted by Crippen LogP contribution is 2.31. The molecule has 0 aliphatic carbocycles. The Morgan fingerprint density at radius 1 is 0.962 bits per heavy atom. The molecule has 0 amide bonds. The van der Waals surface area contributed by atoms with Gasteiger partial charge in [0.15, 0.2) is 0 Å². The van der Waals surface area contributed by atoms with E-state index in [1.54, 1.807) is 6.07 Å². The molecule has 0 saturated carbocycles. The largest absolute Gasteiger partial charge is 0.380 e. The molecule has 4 rings (SSSR count). The molecule has 3 nitrogen and oxygen atoms in total. The molecule has 1 atom stereocenters. The minimum atomic E-state index is -0.904. The molecule has 4 aromatic rings. The van der Waals surface area contributed by atoms with Crippen molar-refractivity contribution in [2.45, 2.75) is 12.6 Å². The summed E-state index contributed by atoms with van der Waals surface area (Å²) in [7, 11) is 0. The number of aromatic nitrogens is 2. The highest BCUT2D eigenvalue weighted by Gasteiger charge is 2.22. The molecular formula is C21H16BrClN2O. The maximum atomic E-state index is 11.0. The summed E-state index contributed by atoms with van der Waals surface area (Å²) < 4.78 is 3.07. The molecule has 3 aromatic carbocycles. The Bertz CT molecular complexity index is 1080. The second kappa shape index (κ2) is 7.23. The van der Waals surface area contributed by atoms with Crippen molar-refractivity contribution >= 4 is 38.6 Å². The maximum absolute atomic E-state index is 11.0. The zero-order valence-electron chi connectivity index (χ0n) is 13.8. The van der Waals surface area contributed by atoms with Crippen LogP contribution in [0.15, 0.2) is 77.3 Å². The van der Waals surface area contributed by atoms with Crippen LogP contribution in [0.2, 0.25) is 5.02 Å². The lowest BCUT2D eigenvalue weighted by Crippen LogP contribution is -2.11. The van der Waals surface area contributed by atoms with Crippen molar-refractivity contribution in [2.75, 3.05) is 0 Å². The highest BCUT2D eigenvalue weighted by molar-refractivity contribution is 9.10. The van der Waals surface area contributed by atoms with E-state index >= 15 is 0 Å². The third-order valence-electron chi connectivity index (χ3n) is 4.41. The Hall–Kier alpha value is -2.14. The molecule has 0 bridgehead atoms. The van der Waals surface area contributed by atoms with E-state index in [2.05, 4.69) is 22.0 Å². The minimum Gasteiger partial charge on any atom is -0.380 e. The van der Waals surface area contributed by atoms with E-state index in [1.165, 1.54) is 0 Å². The van der Waals surface area contributed by atoms with Gasteiger partial charge >= 0.3 is 0 Å². The first kappa shape index (κ1) is 17.3. The van der Waals surface area contributed by atoms with Gasteiger partial charge in [-0.3, -0.25) is 0 Å². The number of halogens is 2. The van der Waals surface area contributed by atoms with Gasteiger partial charge in [-0.15, -0.1) is 0 Å². The number of rotatable bonds is 4. The van der Waals surface area contributed by atoms with Gasteiger partial charge < -0.3 is 9.67 Å². The van der Waals surface area contributed by atoms with Gasteiger partial charge in [0.2, 0.25) is 0 Å². The molecule has 0 saturated heterocycles. The first-order valence-corrected chi connectivity index (χ1v) is 9.43. The van der Waals surface area contributed by atoms with Gasteiger partial charge in [0.05, 0.1) is 17.6 Å². The average Bonchev–Trinajstić information content (AvgIpc) is 3.02. The fourth-order valence-electron chi connectivity index (χ4n) is 3.10. The Morgan fingerprint density at radius 3 is 2.46 bits per heavy atom. The number of fused-ring (bicyclic) bond motifs is 1. The number of benzene rings is 3. The summed E-state index contributed by atoms with van der Waals surface area (Å²) >= 11 is 9.91. The summed E-state index contributed by atoms with van der Waals surface area (Å²) in [6.07, 6.45) is -0.904.